The van der Waals surface area contributed by atoms with Gasteiger partial charge in [-0.05, 0) is 25.3 Å². The fourth-order valence-electron chi connectivity index (χ4n) is 1.16. The molecule has 1 heterocycles. The van der Waals surface area contributed by atoms with Crippen molar-refractivity contribution in [1.29, 1.82) is 0 Å². The topological polar surface area (TPSA) is 61.0 Å². The molecule has 0 aromatic carbocycles. The molecular formula is C11H19N3O. The summed E-state index contributed by atoms with van der Waals surface area (Å²) < 4.78 is 5.46. The number of ether oxygens (including phenoxy) is 1. The van der Waals surface area contributed by atoms with E-state index in [1.54, 1.807) is 0 Å². The molecule has 2 N–H and O–H groups in total. The smallest absolute Gasteiger partial charge is 0.316 e. The van der Waals surface area contributed by atoms with Gasteiger partial charge in [0.2, 0.25) is 0 Å². The molecule has 4 heteroatoms. The third kappa shape index (κ3) is 4.25. The van der Waals surface area contributed by atoms with E-state index in [0.717, 1.165) is 17.8 Å². The standard InChI is InChI=1S/C11H19N3O/c1-8(2)4-5-15-11-13-9(3)6-10(7-12)14-11/h6,8H,4-5,7,12H2,1-3H3. The predicted molar refractivity (Wildman–Crippen MR) is 59.6 cm³/mol. The Labute approximate surface area is 90.9 Å². The first kappa shape index (κ1) is 11.9. The third-order valence-corrected chi connectivity index (χ3v) is 2.02. The molecule has 0 aliphatic rings. The highest BCUT2D eigenvalue weighted by atomic mass is 16.5. The van der Waals surface area contributed by atoms with Crippen molar-refractivity contribution in [2.45, 2.75) is 33.7 Å². The van der Waals surface area contributed by atoms with E-state index in [4.69, 9.17) is 10.5 Å². The van der Waals surface area contributed by atoms with Gasteiger partial charge in [-0.1, -0.05) is 13.8 Å². The number of hydrogen-bond donors (Lipinski definition) is 1. The fraction of sp³-hybridized carbons (Fsp3) is 0.636. The van der Waals surface area contributed by atoms with Crippen molar-refractivity contribution in [3.8, 4) is 6.01 Å². The highest BCUT2D eigenvalue weighted by molar-refractivity contribution is 5.12. The molecule has 0 aliphatic carbocycles. The van der Waals surface area contributed by atoms with Crippen LogP contribution in [0.1, 0.15) is 31.7 Å². The van der Waals surface area contributed by atoms with Gasteiger partial charge in [0.15, 0.2) is 0 Å². The van der Waals surface area contributed by atoms with Crippen LogP contribution in [0, 0.1) is 12.8 Å². The first-order valence-corrected chi connectivity index (χ1v) is 5.29. The van der Waals surface area contributed by atoms with E-state index in [2.05, 4.69) is 23.8 Å². The number of aryl methyl sites for hydroxylation is 1. The molecule has 0 saturated carbocycles. The summed E-state index contributed by atoms with van der Waals surface area (Å²) in [5, 5.41) is 0. The maximum Gasteiger partial charge on any atom is 0.316 e. The number of aromatic nitrogens is 2. The van der Waals surface area contributed by atoms with E-state index in [1.807, 2.05) is 13.0 Å². The molecule has 1 aromatic heterocycles. The van der Waals surface area contributed by atoms with Gasteiger partial charge in [0.05, 0.1) is 12.3 Å². The van der Waals surface area contributed by atoms with Crippen LogP contribution in [0.4, 0.5) is 0 Å². The molecule has 0 atom stereocenters. The van der Waals surface area contributed by atoms with E-state index >= 15 is 0 Å². The molecular weight excluding hydrogens is 190 g/mol. The zero-order valence-electron chi connectivity index (χ0n) is 9.66. The Morgan fingerprint density at radius 2 is 2.13 bits per heavy atom. The summed E-state index contributed by atoms with van der Waals surface area (Å²) in [5.41, 5.74) is 7.23. The molecule has 1 rings (SSSR count). The van der Waals surface area contributed by atoms with Gasteiger partial charge in [0.25, 0.3) is 0 Å². The van der Waals surface area contributed by atoms with Gasteiger partial charge in [-0.3, -0.25) is 0 Å². The Kier molecular flexibility index (Phi) is 4.49. The summed E-state index contributed by atoms with van der Waals surface area (Å²) >= 11 is 0. The lowest BCUT2D eigenvalue weighted by atomic mass is 10.1. The highest BCUT2D eigenvalue weighted by Crippen LogP contribution is 2.08. The van der Waals surface area contributed by atoms with Crippen molar-refractivity contribution >= 4 is 0 Å². The van der Waals surface area contributed by atoms with Crippen molar-refractivity contribution in [1.82, 2.24) is 9.97 Å². The fourth-order valence-corrected chi connectivity index (χ4v) is 1.16. The van der Waals surface area contributed by atoms with Crippen LogP contribution < -0.4 is 10.5 Å². The van der Waals surface area contributed by atoms with Gasteiger partial charge in [-0.15, -0.1) is 0 Å². The van der Waals surface area contributed by atoms with Gasteiger partial charge in [-0.2, -0.15) is 4.98 Å². The molecule has 0 fully saturated rings. The van der Waals surface area contributed by atoms with E-state index in [9.17, 15) is 0 Å². The average Bonchev–Trinajstić information content (AvgIpc) is 2.16. The van der Waals surface area contributed by atoms with Crippen LogP contribution in [0.5, 0.6) is 6.01 Å². The normalized spacial score (nSPS) is 10.7. The van der Waals surface area contributed by atoms with Crippen molar-refractivity contribution in [2.75, 3.05) is 6.61 Å². The molecule has 84 valence electrons. The second kappa shape index (κ2) is 5.66. The van der Waals surface area contributed by atoms with Gasteiger partial charge >= 0.3 is 6.01 Å². The number of rotatable bonds is 5. The quantitative estimate of drug-likeness (QED) is 0.801. The van der Waals surface area contributed by atoms with Crippen LogP contribution in [-0.4, -0.2) is 16.6 Å². The van der Waals surface area contributed by atoms with Crippen LogP contribution in [0.25, 0.3) is 0 Å². The molecule has 4 nitrogen and oxygen atoms in total. The Morgan fingerprint density at radius 1 is 1.40 bits per heavy atom. The summed E-state index contributed by atoms with van der Waals surface area (Å²) in [6, 6.07) is 2.31. The molecule has 1 aromatic rings. The maximum atomic E-state index is 5.52. The van der Waals surface area contributed by atoms with Crippen molar-refractivity contribution < 1.29 is 4.74 Å². The summed E-state index contributed by atoms with van der Waals surface area (Å²) in [5.74, 6) is 0.629. The van der Waals surface area contributed by atoms with Gasteiger partial charge in [-0.25, -0.2) is 4.98 Å². The summed E-state index contributed by atoms with van der Waals surface area (Å²) in [6.45, 7) is 7.31. The minimum atomic E-state index is 0.421. The monoisotopic (exact) mass is 209 g/mol. The first-order chi connectivity index (χ1) is 7.11. The lowest BCUT2D eigenvalue weighted by Gasteiger charge is -2.07. The molecule has 0 radical (unpaired) electrons. The zero-order valence-corrected chi connectivity index (χ0v) is 9.66. The van der Waals surface area contributed by atoms with Gasteiger partial charge in [0, 0.05) is 12.2 Å². The predicted octanol–water partition coefficient (Wildman–Crippen LogP) is 1.67. The second-order valence-electron chi connectivity index (χ2n) is 4.02. The van der Waals surface area contributed by atoms with Crippen molar-refractivity contribution in [3.63, 3.8) is 0 Å². The average molecular weight is 209 g/mol. The van der Waals surface area contributed by atoms with E-state index < -0.39 is 0 Å². The Morgan fingerprint density at radius 3 is 2.73 bits per heavy atom. The minimum absolute atomic E-state index is 0.421. The summed E-state index contributed by atoms with van der Waals surface area (Å²) in [7, 11) is 0. The Bertz CT molecular complexity index is 313. The van der Waals surface area contributed by atoms with Crippen molar-refractivity contribution in [2.24, 2.45) is 11.7 Å². The summed E-state index contributed by atoms with van der Waals surface area (Å²) in [4.78, 5) is 8.38. The molecule has 0 unspecified atom stereocenters. The number of nitrogens with two attached hydrogens (primary N) is 1. The van der Waals surface area contributed by atoms with E-state index in [-0.39, 0.29) is 0 Å². The number of hydrogen-bond acceptors (Lipinski definition) is 4. The van der Waals surface area contributed by atoms with Crippen LogP contribution in [0.15, 0.2) is 6.07 Å². The maximum absolute atomic E-state index is 5.52. The largest absolute Gasteiger partial charge is 0.463 e. The SMILES string of the molecule is Cc1cc(CN)nc(OCCC(C)C)n1. The van der Waals surface area contributed by atoms with Crippen molar-refractivity contribution in [3.05, 3.63) is 17.5 Å². The molecule has 0 bridgehead atoms. The molecule has 0 saturated heterocycles. The van der Waals surface area contributed by atoms with Crippen LogP contribution >= 0.6 is 0 Å². The van der Waals surface area contributed by atoms with Crippen LogP contribution in [0.2, 0.25) is 0 Å². The molecule has 0 spiro atoms. The van der Waals surface area contributed by atoms with Crippen LogP contribution in [0.3, 0.4) is 0 Å². The first-order valence-electron chi connectivity index (χ1n) is 5.29. The lowest BCUT2D eigenvalue weighted by Crippen LogP contribution is -2.08. The highest BCUT2D eigenvalue weighted by Gasteiger charge is 2.02. The zero-order chi connectivity index (χ0) is 11.3. The van der Waals surface area contributed by atoms with Crippen LogP contribution in [-0.2, 0) is 6.54 Å². The van der Waals surface area contributed by atoms with Gasteiger partial charge in [0.1, 0.15) is 0 Å². The lowest BCUT2D eigenvalue weighted by molar-refractivity contribution is 0.267. The Hall–Kier alpha value is -1.16. The summed E-state index contributed by atoms with van der Waals surface area (Å²) in [6.07, 6.45) is 1.01. The molecule has 0 amide bonds. The van der Waals surface area contributed by atoms with E-state index in [0.29, 0.717) is 25.1 Å². The van der Waals surface area contributed by atoms with E-state index in [1.165, 1.54) is 0 Å². The third-order valence-electron chi connectivity index (χ3n) is 2.02. The van der Waals surface area contributed by atoms with Gasteiger partial charge < -0.3 is 10.5 Å². The number of nitrogens with zero attached hydrogens (tertiary/aromatic N) is 2. The molecule has 15 heavy (non-hydrogen) atoms. The second-order valence-corrected chi connectivity index (χ2v) is 4.02. The molecule has 0 aliphatic heterocycles. The Balaban J connectivity index is 2.56. The minimum Gasteiger partial charge on any atom is -0.463 e.